The maximum absolute atomic E-state index is 13.1. The third-order valence-electron chi connectivity index (χ3n) is 8.58. The lowest BCUT2D eigenvalue weighted by atomic mass is 9.92. The van der Waals surface area contributed by atoms with Crippen molar-refractivity contribution in [3.05, 3.63) is 84.1 Å². The SMILES string of the molecule is CCC(C)=CNc1c(C(C)=N)c(-c2ccc(Oc3ccccc3)cc2)nn1C1CCN(C(=O)C=CCN(C)C2CCC2)C1. The number of amides is 1. The van der Waals surface area contributed by atoms with Gasteiger partial charge in [-0.05, 0) is 83.0 Å². The van der Waals surface area contributed by atoms with Crippen LogP contribution < -0.4 is 10.1 Å². The second-order valence-electron chi connectivity index (χ2n) is 11.7. The van der Waals surface area contributed by atoms with Crippen LogP contribution in [0.5, 0.6) is 11.5 Å². The Balaban J connectivity index is 1.38. The summed E-state index contributed by atoms with van der Waals surface area (Å²) in [5.41, 5.74) is 4.04. The molecule has 1 aliphatic heterocycles. The minimum Gasteiger partial charge on any atom is -0.457 e. The Morgan fingerprint density at radius 3 is 2.47 bits per heavy atom. The van der Waals surface area contributed by atoms with Crippen molar-refractivity contribution in [3.63, 3.8) is 0 Å². The molecular formula is C35H44N6O2. The fraction of sp³-hybridized carbons (Fsp3) is 0.400. The molecule has 2 N–H and O–H groups in total. The van der Waals surface area contributed by atoms with Crippen LogP contribution in [-0.4, -0.2) is 63.9 Å². The van der Waals surface area contributed by atoms with Gasteiger partial charge in [-0.3, -0.25) is 9.69 Å². The zero-order valence-electron chi connectivity index (χ0n) is 25.8. The molecule has 2 fully saturated rings. The molecule has 226 valence electrons. The van der Waals surface area contributed by atoms with Gasteiger partial charge in [-0.25, -0.2) is 4.68 Å². The van der Waals surface area contributed by atoms with Crippen molar-refractivity contribution >= 4 is 17.4 Å². The highest BCUT2D eigenvalue weighted by Crippen LogP contribution is 2.35. The van der Waals surface area contributed by atoms with Crippen LogP contribution in [0.2, 0.25) is 0 Å². The van der Waals surface area contributed by atoms with Crippen molar-refractivity contribution in [2.24, 2.45) is 0 Å². The molecule has 1 unspecified atom stereocenters. The van der Waals surface area contributed by atoms with E-state index in [1.807, 2.05) is 76.5 Å². The van der Waals surface area contributed by atoms with Crippen molar-refractivity contribution in [2.45, 2.75) is 65.0 Å². The summed E-state index contributed by atoms with van der Waals surface area (Å²) in [4.78, 5) is 17.3. The Morgan fingerprint density at radius 2 is 1.81 bits per heavy atom. The molecule has 1 saturated heterocycles. The van der Waals surface area contributed by atoms with Gasteiger partial charge in [0.2, 0.25) is 5.91 Å². The van der Waals surface area contributed by atoms with Gasteiger partial charge in [0.05, 0.1) is 11.6 Å². The number of allylic oxidation sites excluding steroid dienone is 1. The van der Waals surface area contributed by atoms with Crippen LogP contribution in [0.15, 0.2) is 78.5 Å². The summed E-state index contributed by atoms with van der Waals surface area (Å²) in [7, 11) is 2.13. The highest BCUT2D eigenvalue weighted by atomic mass is 16.5. The number of carbonyl (C=O) groups excluding carboxylic acids is 1. The van der Waals surface area contributed by atoms with E-state index >= 15 is 0 Å². The van der Waals surface area contributed by atoms with E-state index in [9.17, 15) is 4.79 Å². The first-order valence-corrected chi connectivity index (χ1v) is 15.4. The minimum absolute atomic E-state index is 0.000342. The van der Waals surface area contributed by atoms with Gasteiger partial charge in [-0.1, -0.05) is 43.2 Å². The molecule has 8 heteroatoms. The van der Waals surface area contributed by atoms with Gasteiger partial charge < -0.3 is 20.4 Å². The van der Waals surface area contributed by atoms with Gasteiger partial charge in [-0.15, -0.1) is 0 Å². The lowest BCUT2D eigenvalue weighted by Crippen LogP contribution is -2.37. The third kappa shape index (κ3) is 7.25. The fourth-order valence-corrected chi connectivity index (χ4v) is 5.54. The standard InChI is InChI=1S/C35H44N6O2/c1-5-25(2)23-37-35-33(26(3)36)34(27-16-18-31(19-17-27)43-30-13-7-6-8-14-30)38-41(35)29-20-22-40(24-29)32(42)15-10-21-39(4)28-11-9-12-28/h6-8,10,13-19,23,28-29,36-37H,5,9,11-12,20-22,24H2,1-4H3. The third-order valence-corrected chi connectivity index (χ3v) is 8.58. The maximum atomic E-state index is 13.1. The largest absolute Gasteiger partial charge is 0.457 e. The van der Waals surface area contributed by atoms with Gasteiger partial charge in [0.25, 0.3) is 0 Å². The minimum atomic E-state index is 0.000342. The number of para-hydroxylation sites is 1. The number of hydrogen-bond donors (Lipinski definition) is 2. The average Bonchev–Trinajstić information content (AvgIpc) is 3.61. The average molecular weight is 581 g/mol. The molecule has 3 aromatic rings. The Hall–Kier alpha value is -4.17. The molecule has 2 aromatic carbocycles. The molecular weight excluding hydrogens is 536 g/mol. The normalized spacial score (nSPS) is 17.5. The first kappa shape index (κ1) is 30.3. The number of hydrogen-bond acceptors (Lipinski definition) is 6. The van der Waals surface area contributed by atoms with E-state index in [-0.39, 0.29) is 11.9 Å². The van der Waals surface area contributed by atoms with Crippen LogP contribution in [0, 0.1) is 5.41 Å². The van der Waals surface area contributed by atoms with E-state index < -0.39 is 0 Å². The van der Waals surface area contributed by atoms with Crippen LogP contribution in [0.25, 0.3) is 11.3 Å². The number of likely N-dealkylation sites (N-methyl/N-ethyl adjacent to an activating group) is 1. The van der Waals surface area contributed by atoms with Crippen LogP contribution >= 0.6 is 0 Å². The summed E-state index contributed by atoms with van der Waals surface area (Å²) in [5, 5.41) is 17.3. The number of likely N-dealkylation sites (tertiary alicyclic amines) is 1. The second kappa shape index (κ2) is 13.9. The summed E-state index contributed by atoms with van der Waals surface area (Å²) in [6.07, 6.45) is 11.3. The molecule has 0 radical (unpaired) electrons. The summed E-state index contributed by atoms with van der Waals surface area (Å²) < 4.78 is 7.99. The number of ether oxygens (including phenoxy) is 1. The van der Waals surface area contributed by atoms with Gasteiger partial charge in [0, 0.05) is 49.2 Å². The Bertz CT molecular complexity index is 1470. The molecule has 2 aliphatic rings. The molecule has 1 atom stereocenters. The number of nitrogens with one attached hydrogen (secondary N) is 2. The number of aromatic nitrogens is 2. The number of nitrogens with zero attached hydrogens (tertiary/aromatic N) is 4. The molecule has 1 aliphatic carbocycles. The fourth-order valence-electron chi connectivity index (χ4n) is 5.54. The number of carbonyl (C=O) groups is 1. The van der Waals surface area contributed by atoms with E-state index in [0.717, 1.165) is 53.5 Å². The quantitative estimate of drug-likeness (QED) is 0.174. The molecule has 0 spiro atoms. The predicted molar refractivity (Wildman–Crippen MR) is 174 cm³/mol. The first-order chi connectivity index (χ1) is 20.8. The first-order valence-electron chi connectivity index (χ1n) is 15.4. The topological polar surface area (TPSA) is 86.5 Å². The van der Waals surface area contributed by atoms with Crippen molar-refractivity contribution in [2.75, 3.05) is 32.0 Å². The molecule has 1 amide bonds. The lowest BCUT2D eigenvalue weighted by molar-refractivity contribution is -0.125. The van der Waals surface area contributed by atoms with E-state index in [4.69, 9.17) is 15.2 Å². The smallest absolute Gasteiger partial charge is 0.246 e. The summed E-state index contributed by atoms with van der Waals surface area (Å²) in [5.74, 6) is 2.35. The zero-order chi connectivity index (χ0) is 30.3. The molecule has 1 saturated carbocycles. The molecule has 1 aromatic heterocycles. The van der Waals surface area contributed by atoms with Gasteiger partial charge >= 0.3 is 0 Å². The van der Waals surface area contributed by atoms with Gasteiger partial charge in [-0.2, -0.15) is 5.10 Å². The monoisotopic (exact) mass is 580 g/mol. The molecule has 8 nitrogen and oxygen atoms in total. The Labute approximate surface area is 255 Å². The summed E-state index contributed by atoms with van der Waals surface area (Å²) >= 11 is 0. The van der Waals surface area contributed by atoms with Crippen molar-refractivity contribution in [1.29, 1.82) is 5.41 Å². The Morgan fingerprint density at radius 1 is 1.09 bits per heavy atom. The lowest BCUT2D eigenvalue weighted by Gasteiger charge is -2.33. The highest BCUT2D eigenvalue weighted by Gasteiger charge is 2.31. The molecule has 5 rings (SSSR count). The van der Waals surface area contributed by atoms with Crippen LogP contribution in [0.1, 0.15) is 64.5 Å². The van der Waals surface area contributed by atoms with E-state index in [0.29, 0.717) is 24.8 Å². The van der Waals surface area contributed by atoms with E-state index in [1.54, 1.807) is 13.0 Å². The second-order valence-corrected chi connectivity index (χ2v) is 11.7. The van der Waals surface area contributed by atoms with Crippen molar-refractivity contribution in [1.82, 2.24) is 19.6 Å². The summed E-state index contributed by atoms with van der Waals surface area (Å²) in [6, 6.07) is 18.2. The van der Waals surface area contributed by atoms with Crippen LogP contribution in [0.3, 0.4) is 0 Å². The van der Waals surface area contributed by atoms with Gasteiger partial charge in [0.15, 0.2) is 0 Å². The maximum Gasteiger partial charge on any atom is 0.246 e. The number of benzene rings is 2. The van der Waals surface area contributed by atoms with Crippen LogP contribution in [-0.2, 0) is 4.79 Å². The van der Waals surface area contributed by atoms with Crippen molar-refractivity contribution < 1.29 is 9.53 Å². The zero-order valence-corrected chi connectivity index (χ0v) is 25.8. The van der Waals surface area contributed by atoms with E-state index in [2.05, 4.69) is 31.1 Å². The molecule has 0 bridgehead atoms. The van der Waals surface area contributed by atoms with Crippen molar-refractivity contribution in [3.8, 4) is 22.8 Å². The highest BCUT2D eigenvalue weighted by molar-refractivity contribution is 6.06. The summed E-state index contributed by atoms with van der Waals surface area (Å²) in [6.45, 7) is 8.06. The molecule has 43 heavy (non-hydrogen) atoms. The van der Waals surface area contributed by atoms with Crippen LogP contribution in [0.4, 0.5) is 5.82 Å². The number of rotatable bonds is 12. The Kier molecular flexibility index (Phi) is 9.77. The molecule has 2 heterocycles. The number of anilines is 1. The van der Waals surface area contributed by atoms with Gasteiger partial charge in [0.1, 0.15) is 23.0 Å². The van der Waals surface area contributed by atoms with E-state index in [1.165, 1.54) is 24.8 Å². The predicted octanol–water partition coefficient (Wildman–Crippen LogP) is 7.27.